The first kappa shape index (κ1) is 18.4. The molecule has 0 radical (unpaired) electrons. The molecule has 2 aromatic rings. The Bertz CT molecular complexity index is 813. The number of nitrogens with one attached hydrogen (secondary N) is 1. The van der Waals surface area contributed by atoms with Gasteiger partial charge in [-0.3, -0.25) is 9.59 Å². The monoisotopic (exact) mass is 367 g/mol. The minimum atomic E-state index is -0.409. The van der Waals surface area contributed by atoms with Crippen LogP contribution in [0.4, 0.5) is 10.5 Å². The van der Waals surface area contributed by atoms with Gasteiger partial charge in [-0.05, 0) is 36.4 Å². The molecule has 7 nitrogen and oxygen atoms in total. The molecule has 1 aliphatic rings. The normalized spacial score (nSPS) is 13.8. The van der Waals surface area contributed by atoms with E-state index in [9.17, 15) is 14.4 Å². The fourth-order valence-corrected chi connectivity index (χ4v) is 2.83. The lowest BCUT2D eigenvalue weighted by Crippen LogP contribution is -2.51. The van der Waals surface area contributed by atoms with Gasteiger partial charge in [-0.1, -0.05) is 18.2 Å². The summed E-state index contributed by atoms with van der Waals surface area (Å²) in [7, 11) is 0. The third kappa shape index (κ3) is 4.84. The van der Waals surface area contributed by atoms with E-state index in [1.165, 1.54) is 6.92 Å². The van der Waals surface area contributed by atoms with Crippen molar-refractivity contribution in [3.63, 3.8) is 0 Å². The van der Waals surface area contributed by atoms with Crippen LogP contribution in [0.1, 0.15) is 17.3 Å². The van der Waals surface area contributed by atoms with Crippen LogP contribution in [0.5, 0.6) is 5.75 Å². The SMILES string of the molecule is CC(=O)Nc1ccc(C(=O)N2CCN(C(=O)Oc3ccccc3)CC2)cc1. The van der Waals surface area contributed by atoms with Crippen molar-refractivity contribution < 1.29 is 19.1 Å². The van der Waals surface area contributed by atoms with Gasteiger partial charge in [0.1, 0.15) is 5.75 Å². The van der Waals surface area contributed by atoms with Crippen molar-refractivity contribution in [2.24, 2.45) is 0 Å². The lowest BCUT2D eigenvalue weighted by molar-refractivity contribution is -0.114. The van der Waals surface area contributed by atoms with E-state index in [4.69, 9.17) is 4.74 Å². The predicted molar refractivity (Wildman–Crippen MR) is 101 cm³/mol. The summed E-state index contributed by atoms with van der Waals surface area (Å²) in [6.07, 6.45) is -0.409. The van der Waals surface area contributed by atoms with E-state index in [1.807, 2.05) is 6.07 Å². The molecule has 3 rings (SSSR count). The number of hydrogen-bond acceptors (Lipinski definition) is 4. The average molecular weight is 367 g/mol. The van der Waals surface area contributed by atoms with Crippen molar-refractivity contribution in [1.29, 1.82) is 0 Å². The highest BCUT2D eigenvalue weighted by atomic mass is 16.6. The zero-order valence-corrected chi connectivity index (χ0v) is 15.1. The van der Waals surface area contributed by atoms with Gasteiger partial charge in [-0.15, -0.1) is 0 Å². The smallest absolute Gasteiger partial charge is 0.410 e. The molecule has 0 unspecified atom stereocenters. The van der Waals surface area contributed by atoms with Gasteiger partial charge >= 0.3 is 6.09 Å². The highest BCUT2D eigenvalue weighted by Gasteiger charge is 2.26. The number of anilines is 1. The molecule has 0 spiro atoms. The minimum Gasteiger partial charge on any atom is -0.410 e. The van der Waals surface area contributed by atoms with Gasteiger partial charge in [0.25, 0.3) is 5.91 Å². The van der Waals surface area contributed by atoms with Crippen molar-refractivity contribution in [2.75, 3.05) is 31.5 Å². The van der Waals surface area contributed by atoms with Crippen LogP contribution in [0, 0.1) is 0 Å². The van der Waals surface area contributed by atoms with Gasteiger partial charge in [0.05, 0.1) is 0 Å². The van der Waals surface area contributed by atoms with E-state index in [0.717, 1.165) is 0 Å². The van der Waals surface area contributed by atoms with Crippen LogP contribution in [0.2, 0.25) is 0 Å². The summed E-state index contributed by atoms with van der Waals surface area (Å²) in [4.78, 5) is 39.2. The number of nitrogens with zero attached hydrogens (tertiary/aromatic N) is 2. The van der Waals surface area contributed by atoms with Gasteiger partial charge in [0.2, 0.25) is 5.91 Å². The van der Waals surface area contributed by atoms with Gasteiger partial charge in [-0.2, -0.15) is 0 Å². The molecule has 1 fully saturated rings. The van der Waals surface area contributed by atoms with Gasteiger partial charge in [0.15, 0.2) is 0 Å². The number of carbonyl (C=O) groups excluding carboxylic acids is 3. The summed E-state index contributed by atoms with van der Waals surface area (Å²) < 4.78 is 5.33. The zero-order valence-electron chi connectivity index (χ0n) is 15.1. The Morgan fingerprint density at radius 3 is 2.04 bits per heavy atom. The first-order valence-corrected chi connectivity index (χ1v) is 8.71. The quantitative estimate of drug-likeness (QED) is 0.904. The Hall–Kier alpha value is -3.35. The topological polar surface area (TPSA) is 79.0 Å². The van der Waals surface area contributed by atoms with Gasteiger partial charge in [-0.25, -0.2) is 4.79 Å². The summed E-state index contributed by atoms with van der Waals surface area (Å²) in [6.45, 7) is 3.15. The van der Waals surface area contributed by atoms with Crippen molar-refractivity contribution >= 4 is 23.6 Å². The molecule has 3 amide bonds. The molecule has 1 N–H and O–H groups in total. The Labute approximate surface area is 157 Å². The molecule has 1 aliphatic heterocycles. The summed E-state index contributed by atoms with van der Waals surface area (Å²) in [5, 5.41) is 2.67. The maximum atomic E-state index is 12.6. The molecular formula is C20H21N3O4. The number of piperazine rings is 1. The minimum absolute atomic E-state index is 0.0968. The summed E-state index contributed by atoms with van der Waals surface area (Å²) in [6, 6.07) is 15.7. The fourth-order valence-electron chi connectivity index (χ4n) is 2.83. The standard InChI is InChI=1S/C20H21N3O4/c1-15(24)21-17-9-7-16(8-10-17)19(25)22-11-13-23(14-12-22)20(26)27-18-5-3-2-4-6-18/h2-10H,11-14H2,1H3,(H,21,24). The van der Waals surface area contributed by atoms with Crippen LogP contribution in [0.15, 0.2) is 54.6 Å². The molecule has 0 aliphatic carbocycles. The average Bonchev–Trinajstić information content (AvgIpc) is 2.68. The number of para-hydroxylation sites is 1. The van der Waals surface area contributed by atoms with Crippen LogP contribution in [-0.2, 0) is 4.79 Å². The number of ether oxygens (including phenoxy) is 1. The molecule has 0 bridgehead atoms. The van der Waals surface area contributed by atoms with Crippen LogP contribution in [-0.4, -0.2) is 53.9 Å². The second kappa shape index (κ2) is 8.35. The Morgan fingerprint density at radius 1 is 0.852 bits per heavy atom. The van der Waals surface area contributed by atoms with E-state index >= 15 is 0 Å². The second-order valence-corrected chi connectivity index (χ2v) is 6.22. The molecule has 0 atom stereocenters. The second-order valence-electron chi connectivity index (χ2n) is 6.22. The first-order valence-electron chi connectivity index (χ1n) is 8.71. The van der Waals surface area contributed by atoms with E-state index in [-0.39, 0.29) is 11.8 Å². The summed E-state index contributed by atoms with van der Waals surface area (Å²) in [5.74, 6) is 0.244. The molecule has 7 heteroatoms. The zero-order chi connectivity index (χ0) is 19.2. The summed E-state index contributed by atoms with van der Waals surface area (Å²) >= 11 is 0. The molecule has 1 saturated heterocycles. The van der Waals surface area contributed by atoms with Crippen LogP contribution in [0.3, 0.4) is 0 Å². The largest absolute Gasteiger partial charge is 0.415 e. The van der Waals surface area contributed by atoms with Crippen molar-refractivity contribution in [2.45, 2.75) is 6.92 Å². The van der Waals surface area contributed by atoms with Gasteiger partial charge in [0, 0.05) is 44.4 Å². The van der Waals surface area contributed by atoms with Crippen LogP contribution < -0.4 is 10.1 Å². The van der Waals surface area contributed by atoms with Crippen molar-refractivity contribution in [3.05, 3.63) is 60.2 Å². The Kier molecular flexibility index (Phi) is 5.71. The lowest BCUT2D eigenvalue weighted by Gasteiger charge is -2.34. The van der Waals surface area contributed by atoms with E-state index < -0.39 is 6.09 Å². The van der Waals surface area contributed by atoms with E-state index in [2.05, 4.69) is 5.32 Å². The lowest BCUT2D eigenvalue weighted by atomic mass is 10.1. The maximum Gasteiger partial charge on any atom is 0.415 e. The highest BCUT2D eigenvalue weighted by Crippen LogP contribution is 2.15. The van der Waals surface area contributed by atoms with Crippen LogP contribution >= 0.6 is 0 Å². The maximum absolute atomic E-state index is 12.6. The molecule has 2 aromatic carbocycles. The first-order chi connectivity index (χ1) is 13.0. The van der Waals surface area contributed by atoms with Crippen molar-refractivity contribution in [3.8, 4) is 5.75 Å². The Morgan fingerprint density at radius 2 is 1.44 bits per heavy atom. The number of hydrogen-bond donors (Lipinski definition) is 1. The number of rotatable bonds is 3. The molecule has 27 heavy (non-hydrogen) atoms. The van der Waals surface area contributed by atoms with Crippen molar-refractivity contribution in [1.82, 2.24) is 9.80 Å². The molecule has 1 heterocycles. The molecule has 140 valence electrons. The van der Waals surface area contributed by atoms with E-state index in [0.29, 0.717) is 43.2 Å². The number of amides is 3. The van der Waals surface area contributed by atoms with Gasteiger partial charge < -0.3 is 19.9 Å². The third-order valence-electron chi connectivity index (χ3n) is 4.23. The number of carbonyl (C=O) groups is 3. The van der Waals surface area contributed by atoms with Crippen LogP contribution in [0.25, 0.3) is 0 Å². The predicted octanol–water partition coefficient (Wildman–Crippen LogP) is 2.60. The third-order valence-corrected chi connectivity index (χ3v) is 4.23. The fraction of sp³-hybridized carbons (Fsp3) is 0.250. The summed E-state index contributed by atoms with van der Waals surface area (Å²) in [5.41, 5.74) is 1.19. The number of benzene rings is 2. The molecule has 0 aromatic heterocycles. The highest BCUT2D eigenvalue weighted by molar-refractivity contribution is 5.95. The molecular weight excluding hydrogens is 346 g/mol. The van der Waals surface area contributed by atoms with E-state index in [1.54, 1.807) is 58.3 Å². The Balaban J connectivity index is 1.53. The molecule has 0 saturated carbocycles.